The van der Waals surface area contributed by atoms with E-state index in [0.717, 1.165) is 11.1 Å². The van der Waals surface area contributed by atoms with Gasteiger partial charge in [-0.2, -0.15) is 13.2 Å². The van der Waals surface area contributed by atoms with Crippen LogP contribution in [0, 0.1) is 6.92 Å². The molecule has 2 nitrogen and oxygen atoms in total. The molecule has 0 spiro atoms. The molecule has 90 valence electrons. The Labute approximate surface area is 92.9 Å². The molecule has 0 amide bonds. The lowest BCUT2D eigenvalue weighted by Crippen LogP contribution is -2.20. The molecule has 0 fully saturated rings. The van der Waals surface area contributed by atoms with Gasteiger partial charge in [-0.3, -0.25) is 4.98 Å². The van der Waals surface area contributed by atoms with Gasteiger partial charge < -0.3 is 5.32 Å². The van der Waals surface area contributed by atoms with E-state index in [4.69, 9.17) is 0 Å². The Morgan fingerprint density at radius 2 is 2.12 bits per heavy atom. The minimum absolute atomic E-state index is 0.0343. The lowest BCUT2D eigenvalue weighted by Gasteiger charge is -2.19. The number of nitrogens with one attached hydrogen (secondary N) is 1. The van der Waals surface area contributed by atoms with Crippen molar-refractivity contribution in [3.05, 3.63) is 29.6 Å². The van der Waals surface area contributed by atoms with Crippen LogP contribution in [0.2, 0.25) is 0 Å². The maximum absolute atomic E-state index is 12.1. The van der Waals surface area contributed by atoms with Crippen LogP contribution in [-0.4, -0.2) is 18.2 Å². The van der Waals surface area contributed by atoms with E-state index < -0.39 is 12.6 Å². The zero-order valence-corrected chi connectivity index (χ0v) is 9.30. The molecule has 0 aromatic carbocycles. The van der Waals surface area contributed by atoms with Crippen molar-refractivity contribution < 1.29 is 13.2 Å². The summed E-state index contributed by atoms with van der Waals surface area (Å²) in [4.78, 5) is 3.94. The van der Waals surface area contributed by atoms with Crippen LogP contribution in [0.3, 0.4) is 0 Å². The molecule has 0 aliphatic heterocycles. The summed E-state index contributed by atoms with van der Waals surface area (Å²) < 4.78 is 36.4. The summed E-state index contributed by atoms with van der Waals surface area (Å²) in [6.07, 6.45) is -1.60. The van der Waals surface area contributed by atoms with E-state index in [1.165, 1.54) is 0 Å². The molecular weight excluding hydrogens is 217 g/mol. The van der Waals surface area contributed by atoms with Gasteiger partial charge in [-0.15, -0.1) is 0 Å². The lowest BCUT2D eigenvalue weighted by atomic mass is 10.00. The van der Waals surface area contributed by atoms with E-state index >= 15 is 0 Å². The second kappa shape index (κ2) is 5.30. The molecule has 0 saturated carbocycles. The van der Waals surface area contributed by atoms with Gasteiger partial charge in [-0.25, -0.2) is 0 Å². The van der Waals surface area contributed by atoms with Gasteiger partial charge in [0.2, 0.25) is 0 Å². The zero-order valence-electron chi connectivity index (χ0n) is 9.30. The van der Waals surface area contributed by atoms with E-state index in [2.05, 4.69) is 10.3 Å². The van der Waals surface area contributed by atoms with Crippen molar-refractivity contribution in [3.63, 3.8) is 0 Å². The number of alkyl halides is 3. The number of aromatic nitrogens is 1. The van der Waals surface area contributed by atoms with Crippen molar-refractivity contribution in [2.75, 3.05) is 7.05 Å². The van der Waals surface area contributed by atoms with E-state index in [1.54, 1.807) is 25.5 Å². The maximum Gasteiger partial charge on any atom is 0.389 e. The molecule has 1 rings (SSSR count). The van der Waals surface area contributed by atoms with Crippen molar-refractivity contribution in [3.8, 4) is 0 Å². The van der Waals surface area contributed by atoms with Gasteiger partial charge in [-0.05, 0) is 37.6 Å². The summed E-state index contributed by atoms with van der Waals surface area (Å²) in [6, 6.07) is 1.50. The van der Waals surface area contributed by atoms with E-state index in [-0.39, 0.29) is 12.5 Å². The molecule has 1 aromatic heterocycles. The summed E-state index contributed by atoms with van der Waals surface area (Å²) in [5, 5.41) is 2.89. The van der Waals surface area contributed by atoms with E-state index in [9.17, 15) is 13.2 Å². The van der Waals surface area contributed by atoms with Gasteiger partial charge in [0.05, 0.1) is 0 Å². The van der Waals surface area contributed by atoms with Crippen LogP contribution in [0.15, 0.2) is 18.5 Å². The first-order valence-corrected chi connectivity index (χ1v) is 5.08. The standard InChI is InChI=1S/C11H15F3N2/c1-8-4-6-16-7-9(8)10(15-2)3-5-11(12,13)14/h4,6-7,10,15H,3,5H2,1-2H3. The number of hydrogen-bond acceptors (Lipinski definition) is 2. The smallest absolute Gasteiger partial charge is 0.313 e. The molecule has 0 bridgehead atoms. The SMILES string of the molecule is CNC(CCC(F)(F)F)c1cnccc1C. The molecule has 0 aliphatic carbocycles. The number of nitrogens with zero attached hydrogens (tertiary/aromatic N) is 1. The molecule has 0 aliphatic rings. The van der Waals surface area contributed by atoms with Crippen LogP contribution in [0.5, 0.6) is 0 Å². The second-order valence-corrected chi connectivity index (χ2v) is 3.73. The van der Waals surface area contributed by atoms with Gasteiger partial charge in [-0.1, -0.05) is 0 Å². The van der Waals surface area contributed by atoms with Crippen LogP contribution in [-0.2, 0) is 0 Å². The minimum Gasteiger partial charge on any atom is -0.313 e. The van der Waals surface area contributed by atoms with Crippen molar-refractivity contribution in [1.29, 1.82) is 0 Å². The van der Waals surface area contributed by atoms with Gasteiger partial charge >= 0.3 is 6.18 Å². The molecule has 0 radical (unpaired) electrons. The highest BCUT2D eigenvalue weighted by Crippen LogP contribution is 2.28. The van der Waals surface area contributed by atoms with Crippen LogP contribution in [0.4, 0.5) is 13.2 Å². The molecule has 1 unspecified atom stereocenters. The van der Waals surface area contributed by atoms with Crippen molar-refractivity contribution in [2.24, 2.45) is 0 Å². The quantitative estimate of drug-likeness (QED) is 0.863. The normalized spacial score (nSPS) is 13.8. The van der Waals surface area contributed by atoms with Crippen LogP contribution in [0.1, 0.15) is 30.0 Å². The Bertz CT molecular complexity index is 336. The average Bonchev–Trinajstić information content (AvgIpc) is 2.20. The molecule has 0 saturated heterocycles. The van der Waals surface area contributed by atoms with Crippen molar-refractivity contribution in [2.45, 2.75) is 32.0 Å². The fourth-order valence-electron chi connectivity index (χ4n) is 1.60. The third kappa shape index (κ3) is 3.81. The predicted octanol–water partition coefficient (Wildman–Crippen LogP) is 2.99. The molecule has 1 N–H and O–H groups in total. The summed E-state index contributed by atoms with van der Waals surface area (Å²) in [7, 11) is 1.66. The van der Waals surface area contributed by atoms with Crippen molar-refractivity contribution in [1.82, 2.24) is 10.3 Å². The summed E-state index contributed by atoms with van der Waals surface area (Å²) in [5.74, 6) is 0. The Kier molecular flexibility index (Phi) is 4.29. The second-order valence-electron chi connectivity index (χ2n) is 3.73. The zero-order chi connectivity index (χ0) is 12.2. The Hall–Kier alpha value is -1.10. The predicted molar refractivity (Wildman–Crippen MR) is 56.1 cm³/mol. The molecule has 1 heterocycles. The monoisotopic (exact) mass is 232 g/mol. The topological polar surface area (TPSA) is 24.9 Å². The molecule has 16 heavy (non-hydrogen) atoms. The fourth-order valence-corrected chi connectivity index (χ4v) is 1.60. The number of rotatable bonds is 4. The fraction of sp³-hybridized carbons (Fsp3) is 0.545. The van der Waals surface area contributed by atoms with Crippen molar-refractivity contribution >= 4 is 0 Å². The Morgan fingerprint density at radius 3 is 2.62 bits per heavy atom. The third-order valence-corrected chi connectivity index (χ3v) is 2.52. The number of pyridine rings is 1. The third-order valence-electron chi connectivity index (χ3n) is 2.52. The van der Waals surface area contributed by atoms with E-state index in [1.807, 2.05) is 6.92 Å². The highest BCUT2D eigenvalue weighted by Gasteiger charge is 2.28. The Balaban J connectivity index is 2.72. The lowest BCUT2D eigenvalue weighted by molar-refractivity contribution is -0.136. The first-order valence-electron chi connectivity index (χ1n) is 5.08. The van der Waals surface area contributed by atoms with Gasteiger partial charge in [0.25, 0.3) is 0 Å². The average molecular weight is 232 g/mol. The summed E-state index contributed by atoms with van der Waals surface area (Å²) in [5.41, 5.74) is 1.78. The summed E-state index contributed by atoms with van der Waals surface area (Å²) in [6.45, 7) is 1.87. The van der Waals surface area contributed by atoms with Gasteiger partial charge in [0.15, 0.2) is 0 Å². The number of aryl methyl sites for hydroxylation is 1. The number of halogens is 3. The van der Waals surface area contributed by atoms with E-state index in [0.29, 0.717) is 0 Å². The first-order chi connectivity index (χ1) is 7.44. The highest BCUT2D eigenvalue weighted by atomic mass is 19.4. The van der Waals surface area contributed by atoms with Gasteiger partial charge in [0, 0.05) is 24.9 Å². The number of hydrogen-bond donors (Lipinski definition) is 1. The first kappa shape index (κ1) is 13.0. The Morgan fingerprint density at radius 1 is 1.44 bits per heavy atom. The van der Waals surface area contributed by atoms with Crippen LogP contribution < -0.4 is 5.32 Å². The molecular formula is C11H15F3N2. The van der Waals surface area contributed by atoms with Gasteiger partial charge in [0.1, 0.15) is 0 Å². The molecule has 5 heteroatoms. The largest absolute Gasteiger partial charge is 0.389 e. The molecule has 1 atom stereocenters. The summed E-state index contributed by atoms with van der Waals surface area (Å²) >= 11 is 0. The highest BCUT2D eigenvalue weighted by molar-refractivity contribution is 5.24. The maximum atomic E-state index is 12.1. The van der Waals surface area contributed by atoms with Crippen LogP contribution >= 0.6 is 0 Å². The minimum atomic E-state index is -4.11. The molecule has 1 aromatic rings. The van der Waals surface area contributed by atoms with Crippen LogP contribution in [0.25, 0.3) is 0 Å².